The summed E-state index contributed by atoms with van der Waals surface area (Å²) in [6, 6.07) is 2.62. The van der Waals surface area contributed by atoms with E-state index in [1.807, 2.05) is 0 Å². The van der Waals surface area contributed by atoms with Gasteiger partial charge in [-0.2, -0.15) is 0 Å². The Morgan fingerprint density at radius 2 is 2.00 bits per heavy atom. The Balaban J connectivity index is 1.88. The normalized spacial score (nSPS) is 13.8. The summed E-state index contributed by atoms with van der Waals surface area (Å²) in [4.78, 5) is 4.18. The van der Waals surface area contributed by atoms with Crippen molar-refractivity contribution in [1.82, 2.24) is 19.6 Å². The number of hydrogen-bond donors (Lipinski definition) is 3. The average molecular weight is 334 g/mol. The first kappa shape index (κ1) is 16.2. The predicted octanol–water partition coefficient (Wildman–Crippen LogP) is 0.745. The van der Waals surface area contributed by atoms with Crippen molar-refractivity contribution in [3.63, 3.8) is 0 Å². The molecule has 1 aromatic carbocycles. The highest BCUT2D eigenvalue weighted by atomic mass is 19.1. The van der Waals surface area contributed by atoms with Crippen molar-refractivity contribution in [1.29, 1.82) is 0 Å². The number of anilines is 1. The van der Waals surface area contributed by atoms with Crippen molar-refractivity contribution < 1.29 is 13.9 Å². The smallest absolute Gasteiger partial charge is 0.203 e. The van der Waals surface area contributed by atoms with E-state index in [4.69, 9.17) is 5.73 Å². The summed E-state index contributed by atoms with van der Waals surface area (Å²) >= 11 is 0. The molecule has 126 valence electrons. The zero-order valence-corrected chi connectivity index (χ0v) is 12.6. The Morgan fingerprint density at radius 3 is 2.71 bits per heavy atom. The van der Waals surface area contributed by atoms with Gasteiger partial charge in [-0.3, -0.25) is 4.40 Å². The average Bonchev–Trinajstić information content (AvgIpc) is 3.02. The van der Waals surface area contributed by atoms with Crippen LogP contribution in [0.3, 0.4) is 0 Å². The maximum atomic E-state index is 13.4. The molecule has 0 aliphatic heterocycles. The number of benzene rings is 1. The Labute approximate surface area is 136 Å². The molecule has 9 heteroatoms. The minimum absolute atomic E-state index is 0.0225. The SMILES string of the molecule is NC[C@@H](O)[C@H](Cc1cc(F)cc(F)c1)Nc1nccn2cnnc12. The monoisotopic (exact) mass is 334 g/mol. The van der Waals surface area contributed by atoms with Crippen LogP contribution in [-0.2, 0) is 6.42 Å². The third-order valence-electron chi connectivity index (χ3n) is 3.62. The molecule has 2 atom stereocenters. The van der Waals surface area contributed by atoms with E-state index < -0.39 is 23.8 Å². The molecule has 3 rings (SSSR count). The topological polar surface area (TPSA) is 101 Å². The van der Waals surface area contributed by atoms with Crippen LogP contribution in [0.1, 0.15) is 5.56 Å². The van der Waals surface area contributed by atoms with Gasteiger partial charge in [-0.05, 0) is 24.1 Å². The van der Waals surface area contributed by atoms with Crippen LogP contribution in [0.25, 0.3) is 5.65 Å². The van der Waals surface area contributed by atoms with Gasteiger partial charge in [0.2, 0.25) is 5.65 Å². The predicted molar refractivity (Wildman–Crippen MR) is 83.3 cm³/mol. The summed E-state index contributed by atoms with van der Waals surface area (Å²) in [5.41, 5.74) is 6.40. The molecule has 0 bridgehead atoms. The first-order chi connectivity index (χ1) is 11.6. The first-order valence-corrected chi connectivity index (χ1v) is 7.31. The molecular weight excluding hydrogens is 318 g/mol. The lowest BCUT2D eigenvalue weighted by atomic mass is 10.0. The molecule has 0 saturated heterocycles. The Bertz CT molecular complexity index is 819. The number of halogens is 2. The molecule has 2 heterocycles. The van der Waals surface area contributed by atoms with Crippen LogP contribution in [0.4, 0.5) is 14.6 Å². The molecule has 0 aliphatic carbocycles. The molecule has 0 aliphatic rings. The fourth-order valence-electron chi connectivity index (χ4n) is 2.47. The lowest BCUT2D eigenvalue weighted by Crippen LogP contribution is -2.40. The third kappa shape index (κ3) is 3.47. The van der Waals surface area contributed by atoms with Gasteiger partial charge in [-0.15, -0.1) is 10.2 Å². The van der Waals surface area contributed by atoms with Crippen molar-refractivity contribution in [2.24, 2.45) is 5.73 Å². The van der Waals surface area contributed by atoms with Gasteiger partial charge in [0.1, 0.15) is 18.0 Å². The van der Waals surface area contributed by atoms with E-state index in [0.717, 1.165) is 6.07 Å². The van der Waals surface area contributed by atoms with Crippen molar-refractivity contribution in [2.75, 3.05) is 11.9 Å². The number of hydrogen-bond acceptors (Lipinski definition) is 6. The molecule has 24 heavy (non-hydrogen) atoms. The van der Waals surface area contributed by atoms with Crippen LogP contribution in [0.2, 0.25) is 0 Å². The second-order valence-electron chi connectivity index (χ2n) is 5.37. The zero-order valence-electron chi connectivity index (χ0n) is 12.6. The maximum absolute atomic E-state index is 13.4. The zero-order chi connectivity index (χ0) is 17.1. The number of nitrogens with zero attached hydrogens (tertiary/aromatic N) is 4. The van der Waals surface area contributed by atoms with E-state index in [-0.39, 0.29) is 13.0 Å². The second kappa shape index (κ2) is 6.85. The van der Waals surface area contributed by atoms with Crippen molar-refractivity contribution in [3.05, 3.63) is 54.1 Å². The Hall–Kier alpha value is -2.65. The van der Waals surface area contributed by atoms with Crippen LogP contribution < -0.4 is 11.1 Å². The second-order valence-corrected chi connectivity index (χ2v) is 5.37. The van der Waals surface area contributed by atoms with Crippen LogP contribution >= 0.6 is 0 Å². The van der Waals surface area contributed by atoms with Crippen LogP contribution in [0.15, 0.2) is 36.9 Å². The van der Waals surface area contributed by atoms with Gasteiger partial charge in [0.15, 0.2) is 5.82 Å². The van der Waals surface area contributed by atoms with E-state index in [0.29, 0.717) is 17.0 Å². The number of aliphatic hydroxyl groups is 1. The molecule has 0 saturated carbocycles. The molecule has 2 aromatic heterocycles. The molecule has 0 unspecified atom stereocenters. The number of nitrogens with two attached hydrogens (primary N) is 1. The van der Waals surface area contributed by atoms with E-state index >= 15 is 0 Å². The number of aromatic nitrogens is 4. The molecule has 4 N–H and O–H groups in total. The quantitative estimate of drug-likeness (QED) is 0.615. The summed E-state index contributed by atoms with van der Waals surface area (Å²) < 4.78 is 28.4. The van der Waals surface area contributed by atoms with Gasteiger partial charge in [-0.25, -0.2) is 13.8 Å². The van der Waals surface area contributed by atoms with Gasteiger partial charge >= 0.3 is 0 Å². The lowest BCUT2D eigenvalue weighted by molar-refractivity contribution is 0.159. The largest absolute Gasteiger partial charge is 0.390 e. The Kier molecular flexibility index (Phi) is 4.63. The maximum Gasteiger partial charge on any atom is 0.203 e. The number of fused-ring (bicyclic) bond motifs is 1. The highest BCUT2D eigenvalue weighted by molar-refractivity contribution is 5.62. The molecule has 3 aromatic rings. The van der Waals surface area contributed by atoms with Gasteiger partial charge < -0.3 is 16.2 Å². The first-order valence-electron chi connectivity index (χ1n) is 7.31. The fraction of sp³-hybridized carbons (Fsp3) is 0.267. The highest BCUT2D eigenvalue weighted by Crippen LogP contribution is 2.17. The summed E-state index contributed by atoms with van der Waals surface area (Å²) in [7, 11) is 0. The minimum Gasteiger partial charge on any atom is -0.390 e. The van der Waals surface area contributed by atoms with Crippen molar-refractivity contribution >= 4 is 11.5 Å². The third-order valence-corrected chi connectivity index (χ3v) is 3.62. The van der Waals surface area contributed by atoms with Crippen LogP contribution in [0.5, 0.6) is 0 Å². The van der Waals surface area contributed by atoms with E-state index in [2.05, 4.69) is 20.5 Å². The van der Waals surface area contributed by atoms with Gasteiger partial charge in [0.25, 0.3) is 0 Å². The van der Waals surface area contributed by atoms with Crippen molar-refractivity contribution in [3.8, 4) is 0 Å². The van der Waals surface area contributed by atoms with E-state index in [1.165, 1.54) is 18.5 Å². The standard InChI is InChI=1S/C15H16F2N6O/c16-10-3-9(4-11(17)6-10)5-12(13(24)7-18)21-14-15-22-20-8-23(15)2-1-19-14/h1-4,6,8,12-13,24H,5,7,18H2,(H,19,21)/t12-,13+/m0/s1. The van der Waals surface area contributed by atoms with Crippen molar-refractivity contribution in [2.45, 2.75) is 18.6 Å². The minimum atomic E-state index is -0.943. The lowest BCUT2D eigenvalue weighted by Gasteiger charge is -2.24. The van der Waals surface area contributed by atoms with Crippen LogP contribution in [-0.4, -0.2) is 43.4 Å². The van der Waals surface area contributed by atoms with Gasteiger partial charge in [0.05, 0.1) is 12.1 Å². The molecule has 0 fully saturated rings. The van der Waals surface area contributed by atoms with Gasteiger partial charge in [-0.1, -0.05) is 0 Å². The fourth-order valence-corrected chi connectivity index (χ4v) is 2.47. The number of aliphatic hydroxyl groups excluding tert-OH is 1. The van der Waals surface area contributed by atoms with E-state index in [9.17, 15) is 13.9 Å². The molecule has 0 spiro atoms. The summed E-state index contributed by atoms with van der Waals surface area (Å²) in [6.45, 7) is -0.0225. The molecule has 0 amide bonds. The number of rotatable bonds is 6. The highest BCUT2D eigenvalue weighted by Gasteiger charge is 2.21. The summed E-state index contributed by atoms with van der Waals surface area (Å²) in [5.74, 6) is -0.961. The Morgan fingerprint density at radius 1 is 1.25 bits per heavy atom. The van der Waals surface area contributed by atoms with Crippen LogP contribution in [0, 0.1) is 11.6 Å². The van der Waals surface area contributed by atoms with Gasteiger partial charge in [0, 0.05) is 25.0 Å². The van der Waals surface area contributed by atoms with E-state index in [1.54, 1.807) is 16.8 Å². The molecular formula is C15H16F2N6O. The summed E-state index contributed by atoms with van der Waals surface area (Å²) in [5, 5.41) is 20.9. The number of nitrogens with one attached hydrogen (secondary N) is 1. The molecule has 0 radical (unpaired) electrons. The summed E-state index contributed by atoms with van der Waals surface area (Å²) in [6.07, 6.45) is 3.95. The molecule has 7 nitrogen and oxygen atoms in total.